The fourth-order valence-corrected chi connectivity index (χ4v) is 2.57. The van der Waals surface area contributed by atoms with Crippen LogP contribution >= 0.6 is 0 Å². The van der Waals surface area contributed by atoms with E-state index >= 15 is 0 Å². The number of ether oxygens (including phenoxy) is 1. The predicted molar refractivity (Wildman–Crippen MR) is 108 cm³/mol. The van der Waals surface area contributed by atoms with E-state index in [1.54, 1.807) is 0 Å². The van der Waals surface area contributed by atoms with Gasteiger partial charge in [0.25, 0.3) is 0 Å². The zero-order valence-electron chi connectivity index (χ0n) is 14.8. The predicted octanol–water partition coefficient (Wildman–Crippen LogP) is 4.85. The molecule has 3 rings (SSSR count). The Bertz CT molecular complexity index is 934. The van der Waals surface area contributed by atoms with E-state index in [4.69, 9.17) is 4.74 Å². The highest BCUT2D eigenvalue weighted by Crippen LogP contribution is 2.24. The van der Waals surface area contributed by atoms with Crippen LogP contribution in [0.2, 0.25) is 0 Å². The lowest BCUT2D eigenvalue weighted by molar-refractivity contribution is -0.114. The number of hydrogen-bond acceptors (Lipinski definition) is 3. The van der Waals surface area contributed by atoms with Gasteiger partial charge in [-0.05, 0) is 47.5 Å². The zero-order valence-corrected chi connectivity index (χ0v) is 14.8. The molecule has 0 unspecified atom stereocenters. The molecule has 1 amide bonds. The summed E-state index contributed by atoms with van der Waals surface area (Å²) in [6.45, 7) is 6.31. The molecule has 0 aliphatic carbocycles. The lowest BCUT2D eigenvalue weighted by Crippen LogP contribution is -2.22. The Morgan fingerprint density at radius 1 is 1.00 bits per heavy atom. The molecule has 0 fully saturated rings. The number of hydrogen-bond donors (Lipinski definition) is 2. The van der Waals surface area contributed by atoms with Crippen molar-refractivity contribution in [2.45, 2.75) is 6.92 Å². The Hall–Kier alpha value is -3.27. The van der Waals surface area contributed by atoms with Crippen molar-refractivity contribution < 1.29 is 9.53 Å². The summed E-state index contributed by atoms with van der Waals surface area (Å²) in [5, 5.41) is 8.35. The van der Waals surface area contributed by atoms with Crippen LogP contribution in [0.4, 0.5) is 11.4 Å². The van der Waals surface area contributed by atoms with E-state index in [1.165, 1.54) is 5.39 Å². The molecule has 132 valence electrons. The SMILES string of the molecule is C=C(C)COc1ccccc1NC(=O)CNc1ccc2ccccc2c1. The average Bonchev–Trinajstić information content (AvgIpc) is 2.65. The lowest BCUT2D eigenvalue weighted by atomic mass is 10.1. The minimum Gasteiger partial charge on any atom is -0.487 e. The first-order valence-electron chi connectivity index (χ1n) is 8.50. The molecule has 3 aromatic rings. The molecule has 0 saturated carbocycles. The standard InChI is InChI=1S/C22H22N2O2/c1-16(2)15-26-21-10-6-5-9-20(21)24-22(25)14-23-19-12-11-17-7-3-4-8-18(17)13-19/h3-13,23H,1,14-15H2,2H3,(H,24,25). The molecule has 0 heterocycles. The Morgan fingerprint density at radius 3 is 2.54 bits per heavy atom. The van der Waals surface area contributed by atoms with Gasteiger partial charge in [-0.1, -0.05) is 49.0 Å². The van der Waals surface area contributed by atoms with Gasteiger partial charge in [0.05, 0.1) is 12.2 Å². The van der Waals surface area contributed by atoms with Crippen LogP contribution in [0.1, 0.15) is 6.92 Å². The van der Waals surface area contributed by atoms with Crippen LogP contribution < -0.4 is 15.4 Å². The maximum Gasteiger partial charge on any atom is 0.243 e. The fraction of sp³-hybridized carbons (Fsp3) is 0.136. The van der Waals surface area contributed by atoms with E-state index < -0.39 is 0 Å². The summed E-state index contributed by atoms with van der Waals surface area (Å²) in [7, 11) is 0. The molecule has 2 N–H and O–H groups in total. The molecule has 0 aliphatic rings. The summed E-state index contributed by atoms with van der Waals surface area (Å²) >= 11 is 0. The summed E-state index contributed by atoms with van der Waals surface area (Å²) in [6, 6.07) is 21.6. The molecule has 26 heavy (non-hydrogen) atoms. The Morgan fingerprint density at radius 2 is 1.73 bits per heavy atom. The van der Waals surface area contributed by atoms with Gasteiger partial charge in [-0.2, -0.15) is 0 Å². The molecule has 4 nitrogen and oxygen atoms in total. The number of carbonyl (C=O) groups excluding carboxylic acids is 1. The van der Waals surface area contributed by atoms with Crippen molar-refractivity contribution in [3.05, 3.63) is 78.9 Å². The average molecular weight is 346 g/mol. The van der Waals surface area contributed by atoms with E-state index in [2.05, 4.69) is 29.3 Å². The van der Waals surface area contributed by atoms with Gasteiger partial charge in [0.1, 0.15) is 12.4 Å². The first kappa shape index (κ1) is 17.5. The number of fused-ring (bicyclic) bond motifs is 1. The highest BCUT2D eigenvalue weighted by Gasteiger charge is 2.08. The van der Waals surface area contributed by atoms with Crippen LogP contribution in [0.5, 0.6) is 5.75 Å². The van der Waals surface area contributed by atoms with Crippen LogP contribution in [0.3, 0.4) is 0 Å². The molecular weight excluding hydrogens is 324 g/mol. The Labute approximate surface area is 153 Å². The van der Waals surface area contributed by atoms with Crippen molar-refractivity contribution >= 4 is 28.1 Å². The van der Waals surface area contributed by atoms with Crippen LogP contribution in [0, 0.1) is 0 Å². The van der Waals surface area contributed by atoms with Gasteiger partial charge < -0.3 is 15.4 Å². The number of benzene rings is 3. The van der Waals surface area contributed by atoms with Gasteiger partial charge in [-0.15, -0.1) is 0 Å². The quantitative estimate of drug-likeness (QED) is 0.602. The van der Waals surface area contributed by atoms with E-state index in [0.717, 1.165) is 16.6 Å². The van der Waals surface area contributed by atoms with Crippen molar-refractivity contribution in [1.82, 2.24) is 0 Å². The van der Waals surface area contributed by atoms with Crippen molar-refractivity contribution in [1.29, 1.82) is 0 Å². The highest BCUT2D eigenvalue weighted by atomic mass is 16.5. The van der Waals surface area contributed by atoms with Crippen LogP contribution in [-0.2, 0) is 4.79 Å². The van der Waals surface area contributed by atoms with Gasteiger partial charge in [0, 0.05) is 5.69 Å². The number of para-hydroxylation sites is 2. The van der Waals surface area contributed by atoms with E-state index in [-0.39, 0.29) is 12.5 Å². The molecule has 0 aliphatic heterocycles. The Balaban J connectivity index is 1.61. The molecule has 0 saturated heterocycles. The number of carbonyl (C=O) groups is 1. The summed E-state index contributed by atoms with van der Waals surface area (Å²) in [5.41, 5.74) is 2.48. The van der Waals surface area contributed by atoms with Gasteiger partial charge in [0.2, 0.25) is 5.91 Å². The number of rotatable bonds is 7. The summed E-state index contributed by atoms with van der Waals surface area (Å²) < 4.78 is 5.68. The third-order valence-corrected chi connectivity index (χ3v) is 3.84. The molecule has 0 atom stereocenters. The van der Waals surface area contributed by atoms with Crippen LogP contribution in [0.15, 0.2) is 78.9 Å². The maximum atomic E-state index is 12.3. The third-order valence-electron chi connectivity index (χ3n) is 3.84. The summed E-state index contributed by atoms with van der Waals surface area (Å²) in [6.07, 6.45) is 0. The lowest BCUT2D eigenvalue weighted by Gasteiger charge is -2.13. The largest absolute Gasteiger partial charge is 0.487 e. The molecular formula is C22H22N2O2. The normalized spacial score (nSPS) is 10.3. The topological polar surface area (TPSA) is 50.4 Å². The van der Waals surface area contributed by atoms with E-state index in [9.17, 15) is 4.79 Å². The van der Waals surface area contributed by atoms with E-state index in [1.807, 2.05) is 61.5 Å². The summed E-state index contributed by atoms with van der Waals surface area (Å²) in [5.74, 6) is 0.499. The number of amides is 1. The monoisotopic (exact) mass is 346 g/mol. The first-order chi connectivity index (χ1) is 12.6. The van der Waals surface area contributed by atoms with Crippen molar-refractivity contribution in [2.75, 3.05) is 23.8 Å². The van der Waals surface area contributed by atoms with Crippen LogP contribution in [-0.4, -0.2) is 19.1 Å². The van der Waals surface area contributed by atoms with Gasteiger partial charge in [0.15, 0.2) is 0 Å². The van der Waals surface area contributed by atoms with Gasteiger partial charge in [-0.3, -0.25) is 4.79 Å². The zero-order chi connectivity index (χ0) is 18.4. The highest BCUT2D eigenvalue weighted by molar-refractivity contribution is 5.95. The minimum absolute atomic E-state index is 0.135. The number of nitrogens with one attached hydrogen (secondary N) is 2. The van der Waals surface area contributed by atoms with Crippen LogP contribution in [0.25, 0.3) is 10.8 Å². The van der Waals surface area contributed by atoms with Crippen molar-refractivity contribution in [3.63, 3.8) is 0 Å². The second-order valence-corrected chi connectivity index (χ2v) is 6.21. The Kier molecular flexibility index (Phi) is 5.54. The summed E-state index contributed by atoms with van der Waals surface area (Å²) in [4.78, 5) is 12.3. The maximum absolute atomic E-state index is 12.3. The molecule has 4 heteroatoms. The molecule has 0 bridgehead atoms. The smallest absolute Gasteiger partial charge is 0.243 e. The third kappa shape index (κ3) is 4.63. The number of anilines is 2. The van der Waals surface area contributed by atoms with Gasteiger partial charge >= 0.3 is 0 Å². The van der Waals surface area contributed by atoms with Gasteiger partial charge in [-0.25, -0.2) is 0 Å². The molecule has 0 radical (unpaired) electrons. The van der Waals surface area contributed by atoms with Crippen molar-refractivity contribution in [2.24, 2.45) is 0 Å². The van der Waals surface area contributed by atoms with Crippen molar-refractivity contribution in [3.8, 4) is 5.75 Å². The molecule has 0 aromatic heterocycles. The first-order valence-corrected chi connectivity index (χ1v) is 8.50. The molecule has 3 aromatic carbocycles. The molecule has 0 spiro atoms. The fourth-order valence-electron chi connectivity index (χ4n) is 2.57. The second kappa shape index (κ2) is 8.21. The second-order valence-electron chi connectivity index (χ2n) is 6.21. The minimum atomic E-state index is -0.135. The van der Waals surface area contributed by atoms with E-state index in [0.29, 0.717) is 18.0 Å².